The lowest BCUT2D eigenvalue weighted by molar-refractivity contribution is -0.0979. The van der Waals surface area contributed by atoms with Crippen LogP contribution in [0.1, 0.15) is 49.8 Å². The third-order valence-corrected chi connectivity index (χ3v) is 5.25. The summed E-state index contributed by atoms with van der Waals surface area (Å²) in [5.74, 6) is 0.608. The lowest BCUT2D eigenvalue weighted by Crippen LogP contribution is -2.40. The van der Waals surface area contributed by atoms with Crippen molar-refractivity contribution in [1.29, 1.82) is 0 Å². The molecule has 2 radical (unpaired) electrons. The van der Waals surface area contributed by atoms with Crippen LogP contribution >= 0.6 is 0 Å². The van der Waals surface area contributed by atoms with E-state index in [9.17, 15) is 0 Å². The Kier molecular flexibility index (Phi) is 7.04. The van der Waals surface area contributed by atoms with E-state index in [1.54, 1.807) is 0 Å². The van der Waals surface area contributed by atoms with E-state index < -0.39 is 0 Å². The average Bonchev–Trinajstić information content (AvgIpc) is 2.68. The normalized spacial score (nSPS) is 15.0. The fraction of sp³-hybridized carbons (Fsp3) is 0.409. The van der Waals surface area contributed by atoms with Crippen molar-refractivity contribution in [2.24, 2.45) is 0 Å². The smallest absolute Gasteiger partial charge is 0.114 e. The van der Waals surface area contributed by atoms with Gasteiger partial charge in [0.15, 0.2) is 0 Å². The lowest BCUT2D eigenvalue weighted by atomic mass is 9.88. The molecule has 0 N–H and O–H groups in total. The fourth-order valence-electron chi connectivity index (χ4n) is 3.55. The Bertz CT molecular complexity index is 747. The molecule has 26 heavy (non-hydrogen) atoms. The van der Waals surface area contributed by atoms with Gasteiger partial charge in [-0.2, -0.15) is 0 Å². The maximum atomic E-state index is 8.00. The van der Waals surface area contributed by atoms with Crippen LogP contribution in [0.2, 0.25) is 0 Å². The number of anilines is 2. The summed E-state index contributed by atoms with van der Waals surface area (Å²) in [6.07, 6.45) is 2.21. The minimum absolute atomic E-state index is 0.608. The first kappa shape index (κ1) is 20.2. The van der Waals surface area contributed by atoms with E-state index in [-0.39, 0.29) is 0 Å². The number of carbonyl (C=O) groups excluding carboxylic acids is 1. The molecule has 1 heterocycles. The van der Waals surface area contributed by atoms with Crippen LogP contribution < -0.4 is 10.4 Å². The highest BCUT2D eigenvalue weighted by Gasteiger charge is 2.24. The molecule has 0 aromatic heterocycles. The van der Waals surface area contributed by atoms with Gasteiger partial charge in [0.2, 0.25) is 0 Å². The van der Waals surface area contributed by atoms with Crippen LogP contribution in [0, 0.1) is 0 Å². The molecule has 0 saturated carbocycles. The highest BCUT2D eigenvalue weighted by molar-refractivity contribution is 6.33. The molecular weight excluding hydrogens is 319 g/mol. The molecule has 0 aliphatic carbocycles. The molecule has 0 spiro atoms. The first-order valence-corrected chi connectivity index (χ1v) is 9.30. The number of benzene rings is 2. The number of rotatable bonds is 4. The minimum Gasteiger partial charge on any atom is -0.327 e. The number of hydrogen-bond acceptors (Lipinski definition) is 3. The summed E-state index contributed by atoms with van der Waals surface area (Å²) in [6.45, 7) is 10.6. The van der Waals surface area contributed by atoms with E-state index in [0.29, 0.717) is 5.92 Å². The topological polar surface area (TPSA) is 23.6 Å². The molecule has 3 nitrogen and oxygen atoms in total. The largest absolute Gasteiger partial charge is 0.327 e. The molecular formula is C22H29BN2O. The Balaban J connectivity index is 0.00000117. The molecule has 0 bridgehead atoms. The van der Waals surface area contributed by atoms with Gasteiger partial charge in [-0.15, -0.1) is 0 Å². The Morgan fingerprint density at radius 2 is 1.88 bits per heavy atom. The second kappa shape index (κ2) is 9.04. The predicted octanol–water partition coefficient (Wildman–Crippen LogP) is 3.91. The molecule has 0 saturated heterocycles. The molecule has 0 amide bonds. The summed E-state index contributed by atoms with van der Waals surface area (Å²) in [6, 6.07) is 13.2. The Morgan fingerprint density at radius 3 is 2.54 bits per heavy atom. The highest BCUT2D eigenvalue weighted by atomic mass is 16.1. The van der Waals surface area contributed by atoms with Crippen LogP contribution in [0.3, 0.4) is 0 Å². The van der Waals surface area contributed by atoms with Gasteiger partial charge in [0.05, 0.1) is 6.67 Å². The predicted molar refractivity (Wildman–Crippen MR) is 112 cm³/mol. The molecule has 1 unspecified atom stereocenters. The van der Waals surface area contributed by atoms with Crippen molar-refractivity contribution in [2.45, 2.75) is 46.1 Å². The summed E-state index contributed by atoms with van der Waals surface area (Å²) in [4.78, 5) is 12.7. The molecule has 1 aliphatic rings. The number of nitrogens with zero attached hydrogens (tertiary/aromatic N) is 2. The van der Waals surface area contributed by atoms with Gasteiger partial charge in [-0.3, -0.25) is 4.90 Å². The Morgan fingerprint density at radius 1 is 1.15 bits per heavy atom. The zero-order valence-corrected chi connectivity index (χ0v) is 16.5. The van der Waals surface area contributed by atoms with Gasteiger partial charge in [-0.1, -0.05) is 50.5 Å². The van der Waals surface area contributed by atoms with Gasteiger partial charge in [-0.25, -0.2) is 0 Å². The SMILES string of the molecule is C=O.[B]c1cccc2c1CN(C)CN2c1ccc(C(C)CC)cc1CC. The average molecular weight is 348 g/mol. The van der Waals surface area contributed by atoms with Crippen LogP contribution in [0.15, 0.2) is 36.4 Å². The number of aryl methyl sites for hydroxylation is 1. The van der Waals surface area contributed by atoms with E-state index in [1.165, 1.54) is 34.5 Å². The van der Waals surface area contributed by atoms with Gasteiger partial charge in [-0.05, 0) is 54.6 Å². The number of fused-ring (bicyclic) bond motifs is 1. The second-order valence-corrected chi connectivity index (χ2v) is 6.98. The van der Waals surface area contributed by atoms with Crippen molar-refractivity contribution < 1.29 is 4.79 Å². The first-order chi connectivity index (χ1) is 12.5. The zero-order valence-electron chi connectivity index (χ0n) is 16.5. The summed E-state index contributed by atoms with van der Waals surface area (Å²) >= 11 is 0. The summed E-state index contributed by atoms with van der Waals surface area (Å²) in [7, 11) is 8.40. The standard InChI is InChI=1S/C21H27BN2.CH2O/c1-5-15(3)17-10-11-20(16(6-2)12-17)24-14-23(4)13-18-19(22)8-7-9-21(18)24;1-2/h7-12,15H,5-6,13-14H2,1-4H3;1H2. The molecule has 2 aromatic carbocycles. The van der Waals surface area contributed by atoms with Crippen molar-refractivity contribution >= 4 is 31.5 Å². The summed E-state index contributed by atoms with van der Waals surface area (Å²) in [5.41, 5.74) is 7.53. The molecule has 3 rings (SSSR count). The van der Waals surface area contributed by atoms with Gasteiger partial charge >= 0.3 is 0 Å². The van der Waals surface area contributed by atoms with E-state index in [1.807, 2.05) is 12.9 Å². The maximum Gasteiger partial charge on any atom is 0.114 e. The molecule has 1 aliphatic heterocycles. The Labute approximate surface area is 159 Å². The van der Waals surface area contributed by atoms with Crippen LogP contribution in [0.25, 0.3) is 0 Å². The first-order valence-electron chi connectivity index (χ1n) is 9.30. The summed E-state index contributed by atoms with van der Waals surface area (Å²) in [5, 5.41) is 0. The van der Waals surface area contributed by atoms with Crippen LogP contribution in [-0.2, 0) is 17.8 Å². The van der Waals surface area contributed by atoms with Crippen LogP contribution in [0.5, 0.6) is 0 Å². The third-order valence-electron chi connectivity index (χ3n) is 5.25. The van der Waals surface area contributed by atoms with E-state index in [0.717, 1.165) is 25.1 Å². The monoisotopic (exact) mass is 348 g/mol. The van der Waals surface area contributed by atoms with Crippen LogP contribution in [-0.4, -0.2) is 33.3 Å². The van der Waals surface area contributed by atoms with Crippen LogP contribution in [0.4, 0.5) is 11.4 Å². The second-order valence-electron chi connectivity index (χ2n) is 6.98. The van der Waals surface area contributed by atoms with Crippen molar-refractivity contribution in [3.63, 3.8) is 0 Å². The zero-order chi connectivity index (χ0) is 19.3. The van der Waals surface area contributed by atoms with Crippen molar-refractivity contribution in [3.05, 3.63) is 53.1 Å². The molecule has 2 aromatic rings. The van der Waals surface area contributed by atoms with Crippen molar-refractivity contribution in [3.8, 4) is 0 Å². The quantitative estimate of drug-likeness (QED) is 0.783. The maximum absolute atomic E-state index is 8.00. The van der Waals surface area contributed by atoms with Crippen molar-refractivity contribution in [1.82, 2.24) is 4.90 Å². The third kappa shape index (κ3) is 4.01. The Hall–Kier alpha value is -2.07. The van der Waals surface area contributed by atoms with E-state index in [4.69, 9.17) is 12.6 Å². The van der Waals surface area contributed by atoms with Gasteiger partial charge in [0, 0.05) is 17.9 Å². The molecule has 4 heteroatoms. The van der Waals surface area contributed by atoms with Gasteiger partial charge < -0.3 is 9.69 Å². The van der Waals surface area contributed by atoms with Crippen molar-refractivity contribution in [2.75, 3.05) is 18.6 Å². The highest BCUT2D eigenvalue weighted by Crippen LogP contribution is 2.36. The molecule has 1 atom stereocenters. The minimum atomic E-state index is 0.608. The molecule has 0 fully saturated rings. The number of carbonyl (C=O) groups is 1. The number of hydrogen-bond donors (Lipinski definition) is 0. The van der Waals surface area contributed by atoms with Gasteiger partial charge in [0.1, 0.15) is 14.6 Å². The fourth-order valence-corrected chi connectivity index (χ4v) is 3.55. The van der Waals surface area contributed by atoms with E-state index >= 15 is 0 Å². The molecule has 136 valence electrons. The lowest BCUT2D eigenvalue weighted by Gasteiger charge is -2.38. The van der Waals surface area contributed by atoms with Gasteiger partial charge in [0.25, 0.3) is 0 Å². The summed E-state index contributed by atoms with van der Waals surface area (Å²) < 4.78 is 0. The van der Waals surface area contributed by atoms with E-state index in [2.05, 4.69) is 68.0 Å².